The maximum absolute atomic E-state index is 0. The molecule has 3 radical (unpaired) electrons. The molecule has 0 amide bonds. The molecule has 29 valence electrons. The van der Waals surface area contributed by atoms with Gasteiger partial charge in [0, 0.05) is 9.84 Å². The van der Waals surface area contributed by atoms with Crippen LogP contribution in [-0.2, 0) is 0 Å². The zero-order chi connectivity index (χ0) is 0. The number of rotatable bonds is 0. The van der Waals surface area contributed by atoms with Crippen LogP contribution in [0.25, 0.3) is 0 Å². The molecule has 0 spiro atoms. The van der Waals surface area contributed by atoms with Gasteiger partial charge in [-0.1, -0.05) is 22.3 Å². The molecule has 0 saturated carbocycles. The Labute approximate surface area is 33.3 Å². The minimum Gasteiger partial charge on any atom is -0.0776 e. The molecule has 0 N–H and O–H groups in total. The first-order valence-corrected chi connectivity index (χ1v) is 0. The van der Waals surface area contributed by atoms with Crippen LogP contribution in [0.4, 0.5) is 0 Å². The van der Waals surface area contributed by atoms with Crippen LogP contribution in [-0.4, -0.2) is 8.41 Å². The normalized spacial score (nSPS) is 0. The second-order valence-electron chi connectivity index (χ2n) is 0. The summed E-state index contributed by atoms with van der Waals surface area (Å²) in [5.74, 6) is 0. The van der Waals surface area contributed by atoms with E-state index in [0.29, 0.717) is 0 Å². The Morgan fingerprint density at radius 1 is 0.750 bits per heavy atom. The average molecular weight is 62.0 g/mol. The van der Waals surface area contributed by atoms with Gasteiger partial charge in [0.15, 0.2) is 0 Å². The molecule has 0 aromatic heterocycles. The maximum Gasteiger partial charge on any atom is 0 e. The van der Waals surface area contributed by atoms with Gasteiger partial charge in [-0.25, -0.2) is 0 Å². The Morgan fingerprint density at radius 3 is 0.750 bits per heavy atom. The highest BCUT2D eigenvalue weighted by Crippen LogP contribution is 0.146. The van der Waals surface area contributed by atoms with Crippen LogP contribution in [0.2, 0.25) is 0 Å². The van der Waals surface area contributed by atoms with Gasteiger partial charge in [0.1, 0.15) is 0 Å². The lowest BCUT2D eigenvalue weighted by Gasteiger charge is -0.0786. The lowest BCUT2D eigenvalue weighted by molar-refractivity contribution is 2.50. The van der Waals surface area contributed by atoms with Crippen molar-refractivity contribution >= 4 is 8.41 Å². The lowest BCUT2D eigenvalue weighted by atomic mass is 10.8. The van der Waals surface area contributed by atoms with E-state index in [0.717, 1.165) is 0 Å². The van der Waals surface area contributed by atoms with Crippen molar-refractivity contribution in [2.24, 2.45) is 0 Å². The number of hydrogen-bond acceptors (Lipinski definition) is 0. The highest BCUT2D eigenvalue weighted by Gasteiger charge is 0.0000397. The van der Waals surface area contributed by atoms with Crippen molar-refractivity contribution in [3.05, 3.63) is 0 Å². The van der Waals surface area contributed by atoms with Crippen molar-refractivity contribution in [3.63, 3.8) is 0 Å². The van der Waals surface area contributed by atoms with E-state index in [1.165, 1.54) is 0 Å². The molecule has 0 unspecified atom stereocenters. The van der Waals surface area contributed by atoms with Gasteiger partial charge >= 0.3 is 0 Å². The first-order valence-electron chi connectivity index (χ1n) is 0. The average Bonchev–Trinajstić information content (AvgIpc) is 0. The number of hydrogen-bond donors (Lipinski definition) is 0. The van der Waals surface area contributed by atoms with Gasteiger partial charge in [-0.05, 0) is 0 Å². The molecule has 0 aromatic carbocycles. The third-order valence-corrected chi connectivity index (χ3v) is 0. The molecule has 0 fully saturated rings. The van der Waals surface area contributed by atoms with Gasteiger partial charge < -0.3 is 0 Å². The fourth-order valence-corrected chi connectivity index (χ4v) is 0. The molecule has 0 bridgehead atoms. The van der Waals surface area contributed by atoms with E-state index in [1.807, 2.05) is 0 Å². The van der Waals surface area contributed by atoms with Crippen LogP contribution in [0, 0.1) is 0 Å². The highest BCUT2D eigenvalue weighted by atomic mass is 12.0. The summed E-state index contributed by atoms with van der Waals surface area (Å²) in [6.07, 6.45) is 0. The summed E-state index contributed by atoms with van der Waals surface area (Å²) in [5, 5.41) is 0. The van der Waals surface area contributed by atoms with Gasteiger partial charge in [-0.15, -0.1) is 0 Å². The van der Waals surface area contributed by atoms with E-state index < -0.39 is 0 Å². The summed E-state index contributed by atoms with van der Waals surface area (Å²) in [5.41, 5.74) is 0. The molecule has 0 saturated heterocycles. The van der Waals surface area contributed by atoms with Crippen molar-refractivity contribution in [1.29, 1.82) is 0 Å². The summed E-state index contributed by atoms with van der Waals surface area (Å²) in [6, 6.07) is 0. The van der Waals surface area contributed by atoms with E-state index in [1.54, 1.807) is 0 Å². The monoisotopic (exact) mass is 62.1 g/mol. The first-order chi connectivity index (χ1) is 0. The molecule has 0 aromatic rings. The Hall–Kier alpha value is 0.0649. The Kier molecular flexibility index (Phi) is 7020000. The fraction of sp³-hybridized carbons (Fsp3) is 1.00. The Morgan fingerprint density at radius 2 is 0.750 bits per heavy atom. The Balaban J connectivity index is 0. The second-order valence-corrected chi connectivity index (χ2v) is 0. The van der Waals surface area contributed by atoms with Crippen LogP contribution in [0.3, 0.4) is 0 Å². The largest absolute Gasteiger partial charge is 0.0776 e. The predicted octanol–water partition coefficient (Wildman–Crippen LogP) is 1.77. The maximum atomic E-state index is 0. The zero-order valence-electron chi connectivity index (χ0n) is 0.577. The highest BCUT2D eigenvalue weighted by molar-refractivity contribution is 5.75. The third-order valence-electron chi connectivity index (χ3n) is 0. The molecule has 0 aliphatic heterocycles. The van der Waals surface area contributed by atoms with E-state index >= 15 is 0 Å². The van der Waals surface area contributed by atoms with Gasteiger partial charge in [0.25, 0.3) is 0 Å². The van der Waals surface area contributed by atoms with Crippen molar-refractivity contribution in [3.8, 4) is 0 Å². The Bertz CT molecular complexity index is 6.85. The summed E-state index contributed by atoms with van der Waals surface area (Å²) < 4.78 is 0. The standard InChI is InChI=1S/3CH4.B.H2/h3*1H4;;1H/i;;;;1+1. The summed E-state index contributed by atoms with van der Waals surface area (Å²) in [7, 11) is 0. The molecule has 0 nitrogen and oxygen atoms in total. The quantitative estimate of drug-likeness (QED) is 0.375. The molecular formula is C3H14B. The molecule has 0 atom stereocenters. The molecule has 0 heterocycles. The van der Waals surface area contributed by atoms with Crippen LogP contribution >= 0.6 is 0 Å². The molecule has 0 aliphatic rings. The van der Waals surface area contributed by atoms with Crippen molar-refractivity contribution < 1.29 is 1.43 Å². The zero-order valence-corrected chi connectivity index (χ0v) is 0.577. The van der Waals surface area contributed by atoms with Gasteiger partial charge in [-0.3, -0.25) is 0 Å². The fourth-order valence-electron chi connectivity index (χ4n) is 0. The first kappa shape index (κ1) is 9060. The predicted molar refractivity (Wildman–Crippen MR) is 28.1 cm³/mol. The van der Waals surface area contributed by atoms with Crippen molar-refractivity contribution in [2.75, 3.05) is 0 Å². The van der Waals surface area contributed by atoms with Crippen LogP contribution in [0.15, 0.2) is 0 Å². The van der Waals surface area contributed by atoms with Crippen molar-refractivity contribution in [2.45, 2.75) is 22.3 Å². The molecule has 4 heavy (non-hydrogen) atoms. The van der Waals surface area contributed by atoms with Crippen LogP contribution in [0.1, 0.15) is 23.7 Å². The topological polar surface area (TPSA) is 0 Å². The van der Waals surface area contributed by atoms with Gasteiger partial charge in [-0.2, -0.15) is 0 Å². The SMILES string of the molecule is C.C.C.[2HH].[B]. The molecular weight excluding hydrogens is 46.8 g/mol. The van der Waals surface area contributed by atoms with E-state index in [4.69, 9.17) is 0 Å². The molecule has 1 heteroatoms. The van der Waals surface area contributed by atoms with Crippen LogP contribution in [0.5, 0.6) is 0 Å². The van der Waals surface area contributed by atoms with Crippen LogP contribution < -0.4 is 0 Å². The van der Waals surface area contributed by atoms with Crippen molar-refractivity contribution in [1.82, 2.24) is 0 Å². The van der Waals surface area contributed by atoms with E-state index in [-0.39, 0.29) is 32.1 Å². The van der Waals surface area contributed by atoms with E-state index in [9.17, 15) is 0 Å². The summed E-state index contributed by atoms with van der Waals surface area (Å²) in [6.45, 7) is 0. The summed E-state index contributed by atoms with van der Waals surface area (Å²) in [4.78, 5) is 0. The smallest absolute Gasteiger partial charge is 0 e. The lowest BCUT2D eigenvalue weighted by Crippen LogP contribution is -0.381. The third kappa shape index (κ3) is 555. The van der Waals surface area contributed by atoms with E-state index in [2.05, 4.69) is 0 Å². The molecule has 0 aliphatic carbocycles. The van der Waals surface area contributed by atoms with Gasteiger partial charge in [0.05, 0.1) is 0 Å². The molecule has 0 rings (SSSR count). The van der Waals surface area contributed by atoms with Gasteiger partial charge in [0.2, 0.25) is 0 Å². The summed E-state index contributed by atoms with van der Waals surface area (Å²) >= 11 is 0. The second kappa shape index (κ2) is 3100. The minimum absolute atomic E-state index is 0. The minimum atomic E-state index is 0.